The number of carbonyl (C=O) groups excluding carboxylic acids is 1. The van der Waals surface area contributed by atoms with E-state index in [4.69, 9.17) is 4.42 Å². The Bertz CT molecular complexity index is 401. The highest BCUT2D eigenvalue weighted by molar-refractivity contribution is 5.83. The smallest absolute Gasteiger partial charge is 0.203 e. The summed E-state index contributed by atoms with van der Waals surface area (Å²) in [5.41, 5.74) is 1.73. The molecule has 0 fully saturated rings. The van der Waals surface area contributed by atoms with E-state index in [1.165, 1.54) is 0 Å². The van der Waals surface area contributed by atoms with Gasteiger partial charge >= 0.3 is 0 Å². The average Bonchev–Trinajstić information content (AvgIpc) is 2.50. The van der Waals surface area contributed by atoms with E-state index in [0.717, 1.165) is 16.5 Å². The summed E-state index contributed by atoms with van der Waals surface area (Å²) in [6.07, 6.45) is 3.76. The molecule has 1 aromatic carbocycles. The Kier molecular flexibility index (Phi) is 1.67. The minimum atomic E-state index is 0.303. The molecule has 0 bridgehead atoms. The second-order valence-corrected chi connectivity index (χ2v) is 2.58. The number of furan rings is 1. The lowest BCUT2D eigenvalue weighted by molar-refractivity contribution is 0.554. The van der Waals surface area contributed by atoms with E-state index in [2.05, 4.69) is 0 Å². The van der Waals surface area contributed by atoms with Gasteiger partial charge in [-0.3, -0.25) is 4.79 Å². The Labute approximate surface area is 69.8 Å². The number of fused-ring (bicyclic) bond motifs is 1. The third-order valence-electron chi connectivity index (χ3n) is 1.82. The van der Waals surface area contributed by atoms with Crippen molar-refractivity contribution in [3.05, 3.63) is 36.1 Å². The van der Waals surface area contributed by atoms with E-state index < -0.39 is 0 Å². The van der Waals surface area contributed by atoms with Crippen LogP contribution in [0.2, 0.25) is 0 Å². The molecule has 0 aliphatic rings. The maximum Gasteiger partial charge on any atom is 0.203 e. The van der Waals surface area contributed by atoms with Crippen LogP contribution in [0.4, 0.5) is 0 Å². The van der Waals surface area contributed by atoms with Gasteiger partial charge in [-0.15, -0.1) is 0 Å². The number of hydrogen-bond acceptors (Lipinski definition) is 2. The van der Waals surface area contributed by atoms with Gasteiger partial charge in [-0.25, -0.2) is 0 Å². The molecule has 0 N–H and O–H groups in total. The van der Waals surface area contributed by atoms with Gasteiger partial charge in [0.05, 0.1) is 6.26 Å². The van der Waals surface area contributed by atoms with Crippen LogP contribution in [-0.4, -0.2) is 6.29 Å². The van der Waals surface area contributed by atoms with Crippen molar-refractivity contribution in [3.8, 4) is 0 Å². The van der Waals surface area contributed by atoms with Gasteiger partial charge in [0.1, 0.15) is 5.58 Å². The molecule has 0 unspecified atom stereocenters. The standard InChI is InChI=1S/C10H7O2/c11-6-5-8-7-12-10-4-2-1-3-9(8)10/h1-4,7H,5H2. The van der Waals surface area contributed by atoms with Gasteiger partial charge < -0.3 is 4.42 Å². The van der Waals surface area contributed by atoms with Crippen molar-refractivity contribution >= 4 is 17.3 Å². The van der Waals surface area contributed by atoms with Gasteiger partial charge in [0.25, 0.3) is 0 Å². The first-order chi connectivity index (χ1) is 5.92. The molecule has 0 aliphatic carbocycles. The molecule has 0 saturated heterocycles. The largest absolute Gasteiger partial charge is 0.464 e. The Hall–Kier alpha value is -1.57. The molecule has 2 rings (SSSR count). The predicted octanol–water partition coefficient (Wildman–Crippen LogP) is 2.08. The summed E-state index contributed by atoms with van der Waals surface area (Å²) < 4.78 is 5.22. The van der Waals surface area contributed by atoms with Gasteiger partial charge in [-0.05, 0) is 6.07 Å². The first-order valence-electron chi connectivity index (χ1n) is 3.72. The fourth-order valence-electron chi connectivity index (χ4n) is 1.25. The molecule has 0 atom stereocenters. The van der Waals surface area contributed by atoms with Crippen molar-refractivity contribution < 1.29 is 9.21 Å². The van der Waals surface area contributed by atoms with Gasteiger partial charge in [-0.2, -0.15) is 0 Å². The summed E-state index contributed by atoms with van der Waals surface area (Å²) in [5, 5.41) is 1.00. The molecule has 1 heterocycles. The Morgan fingerprint density at radius 1 is 1.33 bits per heavy atom. The van der Waals surface area contributed by atoms with E-state index in [0.29, 0.717) is 6.42 Å². The monoisotopic (exact) mass is 159 g/mol. The van der Waals surface area contributed by atoms with Gasteiger partial charge in [-0.1, -0.05) is 18.2 Å². The van der Waals surface area contributed by atoms with E-state index in [9.17, 15) is 4.79 Å². The van der Waals surface area contributed by atoms with Crippen molar-refractivity contribution in [2.24, 2.45) is 0 Å². The molecule has 0 amide bonds. The lowest BCUT2D eigenvalue weighted by Gasteiger charge is -1.87. The topological polar surface area (TPSA) is 30.2 Å². The molecule has 2 aromatic rings. The third kappa shape index (κ3) is 1.01. The number of para-hydroxylation sites is 1. The molecular weight excluding hydrogens is 152 g/mol. The van der Waals surface area contributed by atoms with Crippen LogP contribution < -0.4 is 0 Å². The summed E-state index contributed by atoms with van der Waals surface area (Å²) in [6.45, 7) is 0. The Balaban J connectivity index is 2.62. The highest BCUT2D eigenvalue weighted by Gasteiger charge is 2.03. The van der Waals surface area contributed by atoms with Crippen LogP contribution in [0.5, 0.6) is 0 Å². The number of benzene rings is 1. The molecule has 12 heavy (non-hydrogen) atoms. The van der Waals surface area contributed by atoms with Crippen LogP contribution in [0.3, 0.4) is 0 Å². The van der Waals surface area contributed by atoms with Crippen LogP contribution in [-0.2, 0) is 11.2 Å². The second-order valence-electron chi connectivity index (χ2n) is 2.58. The summed E-state index contributed by atoms with van der Waals surface area (Å²) in [6, 6.07) is 7.64. The minimum absolute atomic E-state index is 0.303. The predicted molar refractivity (Wildman–Crippen MR) is 45.6 cm³/mol. The van der Waals surface area contributed by atoms with Gasteiger partial charge in [0, 0.05) is 17.4 Å². The quantitative estimate of drug-likeness (QED) is 0.671. The lowest BCUT2D eigenvalue weighted by atomic mass is 10.1. The van der Waals surface area contributed by atoms with Crippen molar-refractivity contribution in [2.45, 2.75) is 6.42 Å². The Morgan fingerprint density at radius 2 is 2.17 bits per heavy atom. The van der Waals surface area contributed by atoms with E-state index in [1.807, 2.05) is 30.6 Å². The van der Waals surface area contributed by atoms with Crippen molar-refractivity contribution in [2.75, 3.05) is 0 Å². The highest BCUT2D eigenvalue weighted by atomic mass is 16.3. The van der Waals surface area contributed by atoms with E-state index in [-0.39, 0.29) is 0 Å². The zero-order chi connectivity index (χ0) is 8.39. The van der Waals surface area contributed by atoms with Crippen molar-refractivity contribution in [3.63, 3.8) is 0 Å². The van der Waals surface area contributed by atoms with Crippen LogP contribution in [0.1, 0.15) is 5.56 Å². The zero-order valence-electron chi connectivity index (χ0n) is 6.41. The van der Waals surface area contributed by atoms with Crippen LogP contribution in [0, 0.1) is 0 Å². The molecule has 2 heteroatoms. The normalized spacial score (nSPS) is 10.3. The fraction of sp³-hybridized carbons (Fsp3) is 0.100. The molecule has 0 aliphatic heterocycles. The van der Waals surface area contributed by atoms with Crippen molar-refractivity contribution in [1.29, 1.82) is 0 Å². The molecule has 0 spiro atoms. The first kappa shape index (κ1) is 7.10. The van der Waals surface area contributed by atoms with Crippen LogP contribution in [0.25, 0.3) is 11.0 Å². The van der Waals surface area contributed by atoms with Gasteiger partial charge in [0.15, 0.2) is 0 Å². The lowest BCUT2D eigenvalue weighted by Crippen LogP contribution is -1.81. The Morgan fingerprint density at radius 3 is 3.00 bits per heavy atom. The second kappa shape index (κ2) is 2.81. The number of rotatable bonds is 2. The van der Waals surface area contributed by atoms with E-state index >= 15 is 0 Å². The number of hydrogen-bond donors (Lipinski definition) is 0. The molecule has 1 aromatic heterocycles. The maximum absolute atomic E-state index is 10.1. The SMILES string of the molecule is O=[C]Cc1coc2ccccc12. The molecule has 2 nitrogen and oxygen atoms in total. The van der Waals surface area contributed by atoms with Gasteiger partial charge in [0.2, 0.25) is 6.29 Å². The third-order valence-corrected chi connectivity index (χ3v) is 1.82. The average molecular weight is 159 g/mol. The van der Waals surface area contributed by atoms with E-state index in [1.54, 1.807) is 6.26 Å². The molecular formula is C10H7O2. The highest BCUT2D eigenvalue weighted by Crippen LogP contribution is 2.20. The summed E-state index contributed by atoms with van der Waals surface area (Å²) in [4.78, 5) is 10.1. The first-order valence-corrected chi connectivity index (χ1v) is 3.72. The summed E-state index contributed by atoms with van der Waals surface area (Å²) >= 11 is 0. The molecule has 59 valence electrons. The molecule has 0 saturated carbocycles. The molecule has 1 radical (unpaired) electrons. The summed E-state index contributed by atoms with van der Waals surface area (Å²) in [7, 11) is 0. The maximum atomic E-state index is 10.1. The fourth-order valence-corrected chi connectivity index (χ4v) is 1.25. The van der Waals surface area contributed by atoms with Crippen LogP contribution in [0.15, 0.2) is 34.9 Å². The zero-order valence-corrected chi connectivity index (χ0v) is 6.41. The van der Waals surface area contributed by atoms with Crippen molar-refractivity contribution in [1.82, 2.24) is 0 Å². The summed E-state index contributed by atoms with van der Waals surface area (Å²) in [5.74, 6) is 0. The van der Waals surface area contributed by atoms with Crippen LogP contribution >= 0.6 is 0 Å². The minimum Gasteiger partial charge on any atom is -0.464 e.